The van der Waals surface area contributed by atoms with Gasteiger partial charge < -0.3 is 9.88 Å². The molecule has 0 unspecified atom stereocenters. The molecule has 0 aliphatic heterocycles. The SMILES string of the molecule is CCc1nncn1CCNC(=O)CCc1c(Cl)cncc1Cl. The number of carbonyl (C=O) groups is 1. The van der Waals surface area contributed by atoms with Gasteiger partial charge in [-0.1, -0.05) is 30.1 Å². The van der Waals surface area contributed by atoms with Crippen LogP contribution in [0.1, 0.15) is 24.7 Å². The lowest BCUT2D eigenvalue weighted by Crippen LogP contribution is -2.27. The van der Waals surface area contributed by atoms with Crippen LogP contribution in [0.15, 0.2) is 18.7 Å². The molecule has 0 bridgehead atoms. The molecule has 0 aliphatic carbocycles. The number of amides is 1. The molecule has 0 atom stereocenters. The van der Waals surface area contributed by atoms with Gasteiger partial charge in [-0.3, -0.25) is 9.78 Å². The van der Waals surface area contributed by atoms with Crippen molar-refractivity contribution in [1.29, 1.82) is 0 Å². The van der Waals surface area contributed by atoms with Crippen molar-refractivity contribution in [2.45, 2.75) is 32.7 Å². The first-order chi connectivity index (χ1) is 10.6. The minimum atomic E-state index is -0.0462. The van der Waals surface area contributed by atoms with Crippen molar-refractivity contribution in [3.8, 4) is 0 Å². The van der Waals surface area contributed by atoms with E-state index < -0.39 is 0 Å². The highest BCUT2D eigenvalue weighted by Crippen LogP contribution is 2.23. The van der Waals surface area contributed by atoms with Crippen LogP contribution >= 0.6 is 23.2 Å². The summed E-state index contributed by atoms with van der Waals surface area (Å²) in [7, 11) is 0. The molecular weight excluding hydrogens is 325 g/mol. The first-order valence-corrected chi connectivity index (χ1v) is 7.78. The van der Waals surface area contributed by atoms with Crippen LogP contribution in [0.5, 0.6) is 0 Å². The van der Waals surface area contributed by atoms with Gasteiger partial charge in [0.25, 0.3) is 0 Å². The molecule has 2 aromatic heterocycles. The predicted molar refractivity (Wildman–Crippen MR) is 85.0 cm³/mol. The molecule has 0 fully saturated rings. The van der Waals surface area contributed by atoms with Gasteiger partial charge >= 0.3 is 0 Å². The zero-order valence-corrected chi connectivity index (χ0v) is 13.7. The van der Waals surface area contributed by atoms with Crippen molar-refractivity contribution in [3.05, 3.63) is 40.2 Å². The van der Waals surface area contributed by atoms with E-state index in [-0.39, 0.29) is 5.91 Å². The Kier molecular flexibility index (Phi) is 6.15. The van der Waals surface area contributed by atoms with Crippen LogP contribution in [-0.2, 0) is 24.2 Å². The Morgan fingerprint density at radius 3 is 2.73 bits per heavy atom. The number of aromatic nitrogens is 4. The largest absolute Gasteiger partial charge is 0.354 e. The average Bonchev–Trinajstić information content (AvgIpc) is 2.94. The minimum absolute atomic E-state index is 0.0462. The maximum atomic E-state index is 11.9. The number of carbonyl (C=O) groups excluding carboxylic acids is 1. The van der Waals surface area contributed by atoms with E-state index >= 15 is 0 Å². The third kappa shape index (κ3) is 4.42. The van der Waals surface area contributed by atoms with Gasteiger partial charge in [0.2, 0.25) is 5.91 Å². The molecule has 6 nitrogen and oxygen atoms in total. The molecule has 1 amide bonds. The molecule has 2 heterocycles. The Labute approximate surface area is 138 Å². The van der Waals surface area contributed by atoms with E-state index in [2.05, 4.69) is 20.5 Å². The topological polar surface area (TPSA) is 72.7 Å². The van der Waals surface area contributed by atoms with Gasteiger partial charge in [-0.05, 0) is 12.0 Å². The summed E-state index contributed by atoms with van der Waals surface area (Å²) < 4.78 is 1.93. The van der Waals surface area contributed by atoms with Gasteiger partial charge in [-0.15, -0.1) is 10.2 Å². The fourth-order valence-electron chi connectivity index (χ4n) is 2.06. The lowest BCUT2D eigenvalue weighted by molar-refractivity contribution is -0.121. The molecule has 0 radical (unpaired) electrons. The summed E-state index contributed by atoms with van der Waals surface area (Å²) in [6, 6.07) is 0. The summed E-state index contributed by atoms with van der Waals surface area (Å²) in [4.78, 5) is 15.8. The summed E-state index contributed by atoms with van der Waals surface area (Å²) in [6.45, 7) is 3.20. The Morgan fingerprint density at radius 2 is 2.05 bits per heavy atom. The summed E-state index contributed by atoms with van der Waals surface area (Å²) in [5.41, 5.74) is 0.751. The highest BCUT2D eigenvalue weighted by molar-refractivity contribution is 6.35. The van der Waals surface area contributed by atoms with Crippen LogP contribution in [0, 0.1) is 0 Å². The first-order valence-electron chi connectivity index (χ1n) is 7.03. The lowest BCUT2D eigenvalue weighted by atomic mass is 10.1. The van der Waals surface area contributed by atoms with E-state index in [0.717, 1.165) is 17.8 Å². The fraction of sp³-hybridized carbons (Fsp3) is 0.429. The number of halogens is 2. The third-order valence-corrected chi connectivity index (χ3v) is 3.89. The quantitative estimate of drug-likeness (QED) is 0.838. The molecule has 0 aliphatic rings. The van der Waals surface area contributed by atoms with Gasteiger partial charge in [0.1, 0.15) is 12.2 Å². The maximum absolute atomic E-state index is 11.9. The highest BCUT2D eigenvalue weighted by atomic mass is 35.5. The van der Waals surface area contributed by atoms with Crippen molar-refractivity contribution < 1.29 is 4.79 Å². The third-order valence-electron chi connectivity index (χ3n) is 3.24. The van der Waals surface area contributed by atoms with E-state index in [1.807, 2.05) is 11.5 Å². The molecule has 118 valence electrons. The van der Waals surface area contributed by atoms with E-state index in [4.69, 9.17) is 23.2 Å². The fourth-order valence-corrected chi connectivity index (χ4v) is 2.61. The number of nitrogens with zero attached hydrogens (tertiary/aromatic N) is 4. The van der Waals surface area contributed by atoms with Crippen molar-refractivity contribution in [3.63, 3.8) is 0 Å². The van der Waals surface area contributed by atoms with Crippen LogP contribution in [0.25, 0.3) is 0 Å². The summed E-state index contributed by atoms with van der Waals surface area (Å²) >= 11 is 12.0. The number of rotatable bonds is 7. The summed E-state index contributed by atoms with van der Waals surface area (Å²) in [5, 5.41) is 11.7. The lowest BCUT2D eigenvalue weighted by Gasteiger charge is -2.08. The molecule has 2 rings (SSSR count). The van der Waals surface area contributed by atoms with E-state index in [1.54, 1.807) is 6.33 Å². The van der Waals surface area contributed by atoms with Gasteiger partial charge in [0.05, 0.1) is 10.0 Å². The molecule has 0 aromatic carbocycles. The van der Waals surface area contributed by atoms with Crippen LogP contribution < -0.4 is 5.32 Å². The summed E-state index contributed by atoms with van der Waals surface area (Å²) in [5.74, 6) is 0.861. The standard InChI is InChI=1S/C14H17Cl2N5O/c1-2-13-20-19-9-21(13)6-5-18-14(22)4-3-10-11(15)7-17-8-12(10)16/h7-9H,2-6H2,1H3,(H,18,22). The number of hydrogen-bond acceptors (Lipinski definition) is 4. The second-order valence-electron chi connectivity index (χ2n) is 4.73. The Bertz CT molecular complexity index is 624. The number of hydrogen-bond donors (Lipinski definition) is 1. The second kappa shape index (κ2) is 8.10. The average molecular weight is 342 g/mol. The Hall–Kier alpha value is -1.66. The Balaban J connectivity index is 1.77. The normalized spacial score (nSPS) is 10.7. The van der Waals surface area contributed by atoms with Crippen LogP contribution in [0.2, 0.25) is 10.0 Å². The molecular formula is C14H17Cl2N5O. The predicted octanol–water partition coefficient (Wildman–Crippen LogP) is 2.29. The van der Waals surface area contributed by atoms with Crippen molar-refractivity contribution in [2.24, 2.45) is 0 Å². The van der Waals surface area contributed by atoms with E-state index in [0.29, 0.717) is 36.0 Å². The van der Waals surface area contributed by atoms with Crippen LogP contribution in [-0.4, -0.2) is 32.2 Å². The van der Waals surface area contributed by atoms with Gasteiger partial charge in [0.15, 0.2) is 0 Å². The van der Waals surface area contributed by atoms with Crippen LogP contribution in [0.4, 0.5) is 0 Å². The second-order valence-corrected chi connectivity index (χ2v) is 5.54. The molecule has 22 heavy (non-hydrogen) atoms. The van der Waals surface area contributed by atoms with E-state index in [1.165, 1.54) is 12.4 Å². The summed E-state index contributed by atoms with van der Waals surface area (Å²) in [6.07, 6.45) is 6.34. The van der Waals surface area contributed by atoms with E-state index in [9.17, 15) is 4.79 Å². The monoisotopic (exact) mass is 341 g/mol. The minimum Gasteiger partial charge on any atom is -0.354 e. The van der Waals surface area contributed by atoms with Crippen molar-refractivity contribution in [2.75, 3.05) is 6.54 Å². The molecule has 1 N–H and O–H groups in total. The molecule has 0 spiro atoms. The maximum Gasteiger partial charge on any atom is 0.220 e. The number of pyridine rings is 1. The van der Waals surface area contributed by atoms with Gasteiger partial charge in [-0.25, -0.2) is 0 Å². The first kappa shape index (κ1) is 16.7. The number of nitrogens with one attached hydrogen (secondary N) is 1. The zero-order chi connectivity index (χ0) is 15.9. The van der Waals surface area contributed by atoms with Gasteiger partial charge in [-0.2, -0.15) is 0 Å². The van der Waals surface area contributed by atoms with Crippen molar-refractivity contribution >= 4 is 29.1 Å². The highest BCUT2D eigenvalue weighted by Gasteiger charge is 2.09. The smallest absolute Gasteiger partial charge is 0.220 e. The number of aryl methyl sites for hydroxylation is 1. The molecule has 0 saturated carbocycles. The molecule has 8 heteroatoms. The molecule has 0 saturated heterocycles. The Morgan fingerprint density at radius 1 is 1.32 bits per heavy atom. The zero-order valence-electron chi connectivity index (χ0n) is 12.2. The molecule has 2 aromatic rings. The van der Waals surface area contributed by atoms with Gasteiger partial charge in [0, 0.05) is 38.3 Å². The van der Waals surface area contributed by atoms with Crippen LogP contribution in [0.3, 0.4) is 0 Å². The van der Waals surface area contributed by atoms with Crippen molar-refractivity contribution in [1.82, 2.24) is 25.1 Å².